The summed E-state index contributed by atoms with van der Waals surface area (Å²) < 4.78 is 1.96. The van der Waals surface area contributed by atoms with Gasteiger partial charge in [0, 0.05) is 46.0 Å². The quantitative estimate of drug-likeness (QED) is 0.713. The first-order chi connectivity index (χ1) is 12.6. The lowest BCUT2D eigenvalue weighted by Crippen LogP contribution is -2.44. The summed E-state index contributed by atoms with van der Waals surface area (Å²) in [5.74, 6) is 0.997. The fourth-order valence-corrected chi connectivity index (χ4v) is 3.37. The first kappa shape index (κ1) is 16.8. The van der Waals surface area contributed by atoms with Crippen molar-refractivity contribution >= 4 is 22.5 Å². The highest BCUT2D eigenvalue weighted by Crippen LogP contribution is 2.24. The molecule has 136 valence electrons. The molecule has 7 nitrogen and oxygen atoms in total. The fourth-order valence-electron chi connectivity index (χ4n) is 3.37. The summed E-state index contributed by atoms with van der Waals surface area (Å²) in [6.07, 6.45) is 3.56. The van der Waals surface area contributed by atoms with Crippen LogP contribution in [-0.4, -0.2) is 72.0 Å². The first-order valence-electron chi connectivity index (χ1n) is 8.98. The third-order valence-corrected chi connectivity index (χ3v) is 4.97. The Morgan fingerprint density at radius 2 is 1.88 bits per heavy atom. The Morgan fingerprint density at radius 3 is 2.65 bits per heavy atom. The smallest absolute Gasteiger partial charge is 0.163 e. The van der Waals surface area contributed by atoms with E-state index in [9.17, 15) is 0 Å². The highest BCUT2D eigenvalue weighted by Gasteiger charge is 2.19. The zero-order valence-corrected chi connectivity index (χ0v) is 15.6. The molecule has 1 aromatic carbocycles. The van der Waals surface area contributed by atoms with Gasteiger partial charge in [0.1, 0.15) is 12.1 Å². The van der Waals surface area contributed by atoms with E-state index in [2.05, 4.69) is 75.2 Å². The van der Waals surface area contributed by atoms with E-state index in [0.29, 0.717) is 6.54 Å². The molecule has 0 aliphatic carbocycles. The molecule has 0 amide bonds. The van der Waals surface area contributed by atoms with Gasteiger partial charge in [-0.05, 0) is 24.7 Å². The number of aromatic nitrogens is 4. The van der Waals surface area contributed by atoms with Crippen LogP contribution in [0.4, 0.5) is 11.5 Å². The Hall–Kier alpha value is -2.67. The molecule has 0 radical (unpaired) electrons. The second-order valence-corrected chi connectivity index (χ2v) is 7.09. The van der Waals surface area contributed by atoms with E-state index in [1.807, 2.05) is 10.9 Å². The second kappa shape index (κ2) is 6.92. The topological polar surface area (TPSA) is 53.3 Å². The maximum Gasteiger partial charge on any atom is 0.163 e. The Morgan fingerprint density at radius 1 is 1.08 bits per heavy atom. The van der Waals surface area contributed by atoms with Gasteiger partial charge in [0.2, 0.25) is 0 Å². The van der Waals surface area contributed by atoms with Gasteiger partial charge in [0.05, 0.1) is 18.1 Å². The number of nitrogens with zero attached hydrogens (tertiary/aromatic N) is 7. The molecule has 0 atom stereocenters. The minimum atomic E-state index is 0.699. The summed E-state index contributed by atoms with van der Waals surface area (Å²) in [5.41, 5.74) is 3.29. The highest BCUT2D eigenvalue weighted by atomic mass is 15.3. The van der Waals surface area contributed by atoms with Gasteiger partial charge in [-0.15, -0.1) is 0 Å². The molecule has 1 aliphatic rings. The van der Waals surface area contributed by atoms with Gasteiger partial charge in [0.15, 0.2) is 5.65 Å². The van der Waals surface area contributed by atoms with Crippen molar-refractivity contribution in [2.45, 2.75) is 6.54 Å². The monoisotopic (exact) mass is 351 g/mol. The molecule has 2 aromatic heterocycles. The maximum atomic E-state index is 4.60. The highest BCUT2D eigenvalue weighted by molar-refractivity contribution is 5.86. The lowest BCUT2D eigenvalue weighted by molar-refractivity contribution is 0.312. The van der Waals surface area contributed by atoms with Gasteiger partial charge in [0.25, 0.3) is 0 Å². The Bertz CT molecular complexity index is 894. The van der Waals surface area contributed by atoms with Crippen LogP contribution in [-0.2, 0) is 6.54 Å². The van der Waals surface area contributed by atoms with Crippen LogP contribution >= 0.6 is 0 Å². The number of likely N-dealkylation sites (N-methyl/N-ethyl adjacent to an activating group) is 1. The predicted octanol–water partition coefficient (Wildman–Crippen LogP) is 1.69. The standard InChI is InChI=1S/C19H25N7/c1-23(2)16-6-4-5-15(11-16)13-26-19-17(12-22-26)18(20-14-21-19)25-9-7-24(3)8-10-25/h4-6,11-12,14H,7-10,13H2,1-3H3. The summed E-state index contributed by atoms with van der Waals surface area (Å²) in [5, 5.41) is 5.63. The molecule has 3 heterocycles. The third-order valence-electron chi connectivity index (χ3n) is 4.97. The van der Waals surface area contributed by atoms with Crippen molar-refractivity contribution in [2.75, 3.05) is 57.1 Å². The summed E-state index contributed by atoms with van der Waals surface area (Å²) >= 11 is 0. The fraction of sp³-hybridized carbons (Fsp3) is 0.421. The lowest BCUT2D eigenvalue weighted by atomic mass is 10.2. The molecule has 0 saturated carbocycles. The summed E-state index contributed by atoms with van der Waals surface area (Å²) in [6, 6.07) is 8.51. The van der Waals surface area contributed by atoms with Crippen molar-refractivity contribution in [3.05, 3.63) is 42.4 Å². The molecule has 0 N–H and O–H groups in total. The Balaban J connectivity index is 1.63. The molecular weight excluding hydrogens is 326 g/mol. The first-order valence-corrected chi connectivity index (χ1v) is 8.98. The van der Waals surface area contributed by atoms with Crippen molar-refractivity contribution in [3.8, 4) is 0 Å². The van der Waals surface area contributed by atoms with Crippen molar-refractivity contribution in [1.29, 1.82) is 0 Å². The number of piperazine rings is 1. The lowest BCUT2D eigenvalue weighted by Gasteiger charge is -2.33. The van der Waals surface area contributed by atoms with Crippen molar-refractivity contribution in [3.63, 3.8) is 0 Å². The number of rotatable bonds is 4. The van der Waals surface area contributed by atoms with E-state index >= 15 is 0 Å². The van der Waals surface area contributed by atoms with E-state index < -0.39 is 0 Å². The van der Waals surface area contributed by atoms with Gasteiger partial charge in [-0.2, -0.15) is 5.10 Å². The predicted molar refractivity (Wildman–Crippen MR) is 105 cm³/mol. The van der Waals surface area contributed by atoms with Crippen LogP contribution < -0.4 is 9.80 Å². The third kappa shape index (κ3) is 3.22. The normalized spacial score (nSPS) is 15.6. The number of anilines is 2. The van der Waals surface area contributed by atoms with E-state index in [0.717, 1.165) is 43.0 Å². The molecule has 1 saturated heterocycles. The average Bonchev–Trinajstić information content (AvgIpc) is 3.06. The van der Waals surface area contributed by atoms with Crippen LogP contribution in [0.5, 0.6) is 0 Å². The van der Waals surface area contributed by atoms with E-state index in [1.165, 1.54) is 11.3 Å². The minimum absolute atomic E-state index is 0.699. The van der Waals surface area contributed by atoms with Crippen molar-refractivity contribution in [1.82, 2.24) is 24.6 Å². The molecule has 0 unspecified atom stereocenters. The van der Waals surface area contributed by atoms with Gasteiger partial charge < -0.3 is 14.7 Å². The van der Waals surface area contributed by atoms with E-state index in [1.54, 1.807) is 6.33 Å². The number of benzene rings is 1. The van der Waals surface area contributed by atoms with Crippen molar-refractivity contribution < 1.29 is 0 Å². The molecule has 26 heavy (non-hydrogen) atoms. The summed E-state index contributed by atoms with van der Waals surface area (Å²) in [6.45, 7) is 4.77. The Labute approximate surface area is 153 Å². The van der Waals surface area contributed by atoms with Gasteiger partial charge in [-0.1, -0.05) is 12.1 Å². The average molecular weight is 351 g/mol. The van der Waals surface area contributed by atoms with Crippen LogP contribution in [0.25, 0.3) is 11.0 Å². The van der Waals surface area contributed by atoms with Crippen LogP contribution in [0, 0.1) is 0 Å². The van der Waals surface area contributed by atoms with Crippen LogP contribution in [0.3, 0.4) is 0 Å². The van der Waals surface area contributed by atoms with Gasteiger partial charge in [-0.3, -0.25) is 0 Å². The van der Waals surface area contributed by atoms with E-state index in [-0.39, 0.29) is 0 Å². The molecule has 4 rings (SSSR count). The maximum absolute atomic E-state index is 4.60. The largest absolute Gasteiger partial charge is 0.378 e. The van der Waals surface area contributed by atoms with Crippen LogP contribution in [0.15, 0.2) is 36.8 Å². The molecule has 3 aromatic rings. The van der Waals surface area contributed by atoms with Crippen LogP contribution in [0.1, 0.15) is 5.56 Å². The molecule has 7 heteroatoms. The van der Waals surface area contributed by atoms with Crippen molar-refractivity contribution in [2.24, 2.45) is 0 Å². The second-order valence-electron chi connectivity index (χ2n) is 7.09. The number of hydrogen-bond donors (Lipinski definition) is 0. The van der Waals surface area contributed by atoms with Gasteiger partial charge in [-0.25, -0.2) is 14.6 Å². The summed E-state index contributed by atoms with van der Waals surface area (Å²) in [4.78, 5) is 15.8. The van der Waals surface area contributed by atoms with E-state index in [4.69, 9.17) is 0 Å². The number of fused-ring (bicyclic) bond motifs is 1. The SMILES string of the molecule is CN1CCN(c2ncnc3c2cnn3Cc2cccc(N(C)C)c2)CC1. The Kier molecular flexibility index (Phi) is 4.46. The molecule has 1 aliphatic heterocycles. The van der Waals surface area contributed by atoms with Gasteiger partial charge >= 0.3 is 0 Å². The zero-order chi connectivity index (χ0) is 18.1. The molecular formula is C19H25N7. The molecule has 0 spiro atoms. The summed E-state index contributed by atoms with van der Waals surface area (Å²) in [7, 11) is 6.27. The number of hydrogen-bond acceptors (Lipinski definition) is 6. The van der Waals surface area contributed by atoms with Crippen LogP contribution in [0.2, 0.25) is 0 Å². The minimum Gasteiger partial charge on any atom is -0.378 e. The zero-order valence-electron chi connectivity index (χ0n) is 15.6. The molecule has 0 bridgehead atoms. The molecule has 1 fully saturated rings.